The van der Waals surface area contributed by atoms with E-state index in [9.17, 15) is 18.4 Å². The number of amides is 1. The van der Waals surface area contributed by atoms with Crippen molar-refractivity contribution < 1.29 is 28.2 Å². The first-order valence-corrected chi connectivity index (χ1v) is 6.89. The van der Waals surface area contributed by atoms with Crippen LogP contribution in [0.5, 0.6) is 5.75 Å². The first-order valence-electron chi connectivity index (χ1n) is 6.13. The minimum atomic E-state index is -2.86. The van der Waals surface area contributed by atoms with E-state index in [4.69, 9.17) is 33.0 Å². The molecule has 0 aliphatic carbocycles. The third-order valence-electron chi connectivity index (χ3n) is 2.60. The van der Waals surface area contributed by atoms with Crippen LogP contribution in [0.3, 0.4) is 0 Å². The summed E-state index contributed by atoms with van der Waals surface area (Å²) >= 11 is 11.6. The maximum Gasteiger partial charge on any atom is 0.326 e. The Labute approximate surface area is 135 Å². The van der Waals surface area contributed by atoms with Gasteiger partial charge in [0, 0.05) is 11.4 Å². The first-order chi connectivity index (χ1) is 10.2. The number of alkyl halides is 2. The SMILES string of the molecule is CC(Oc1ccc(Cl)cc1Cl)C(=O)NC(CC(F)F)C(=O)O. The zero-order valence-electron chi connectivity index (χ0n) is 11.4. The molecule has 0 heterocycles. The van der Waals surface area contributed by atoms with E-state index < -0.39 is 36.9 Å². The first kappa shape index (κ1) is 18.4. The summed E-state index contributed by atoms with van der Waals surface area (Å²) in [7, 11) is 0. The van der Waals surface area contributed by atoms with E-state index in [1.165, 1.54) is 25.1 Å². The predicted octanol–water partition coefficient (Wildman–Crippen LogP) is 2.99. The number of hydrogen-bond acceptors (Lipinski definition) is 3. The van der Waals surface area contributed by atoms with Gasteiger partial charge in [0.2, 0.25) is 6.43 Å². The molecule has 5 nitrogen and oxygen atoms in total. The molecule has 0 spiro atoms. The summed E-state index contributed by atoms with van der Waals surface area (Å²) < 4.78 is 29.8. The summed E-state index contributed by atoms with van der Waals surface area (Å²) in [6, 6.07) is 2.63. The van der Waals surface area contributed by atoms with Gasteiger partial charge >= 0.3 is 5.97 Å². The number of carbonyl (C=O) groups excluding carboxylic acids is 1. The number of carbonyl (C=O) groups is 2. The minimum absolute atomic E-state index is 0.162. The van der Waals surface area contributed by atoms with Crippen LogP contribution in [0.4, 0.5) is 8.78 Å². The lowest BCUT2D eigenvalue weighted by Crippen LogP contribution is -2.47. The van der Waals surface area contributed by atoms with Crippen LogP contribution >= 0.6 is 23.2 Å². The number of rotatable bonds is 7. The lowest BCUT2D eigenvalue weighted by Gasteiger charge is -2.19. The quantitative estimate of drug-likeness (QED) is 0.788. The smallest absolute Gasteiger partial charge is 0.326 e. The third-order valence-corrected chi connectivity index (χ3v) is 3.13. The molecule has 0 aliphatic heterocycles. The molecule has 0 saturated carbocycles. The molecule has 1 aromatic rings. The highest BCUT2D eigenvalue weighted by Crippen LogP contribution is 2.28. The fourth-order valence-corrected chi connectivity index (χ4v) is 1.96. The predicted molar refractivity (Wildman–Crippen MR) is 76.7 cm³/mol. The molecular formula is C13H13Cl2F2NO4. The van der Waals surface area contributed by atoms with Gasteiger partial charge in [0.1, 0.15) is 11.8 Å². The standard InChI is InChI=1S/C13H13Cl2F2NO4/c1-6(22-10-3-2-7(14)4-8(10)15)12(19)18-9(13(20)21)5-11(16)17/h2-4,6,9,11H,5H2,1H3,(H,18,19)(H,20,21). The number of nitrogens with one attached hydrogen (secondary N) is 1. The van der Waals surface area contributed by atoms with Crippen LogP contribution in [0.25, 0.3) is 0 Å². The van der Waals surface area contributed by atoms with E-state index >= 15 is 0 Å². The summed E-state index contributed by atoms with van der Waals surface area (Å²) in [5.74, 6) is -2.24. The minimum Gasteiger partial charge on any atom is -0.480 e. The average molecular weight is 356 g/mol. The van der Waals surface area contributed by atoms with E-state index in [0.717, 1.165) is 0 Å². The number of ether oxygens (including phenoxy) is 1. The lowest BCUT2D eigenvalue weighted by molar-refractivity contribution is -0.144. The Morgan fingerprint density at radius 2 is 2.00 bits per heavy atom. The van der Waals surface area contributed by atoms with Gasteiger partial charge < -0.3 is 15.2 Å². The molecule has 0 radical (unpaired) electrons. The molecule has 0 bridgehead atoms. The maximum absolute atomic E-state index is 12.3. The van der Waals surface area contributed by atoms with Gasteiger partial charge in [-0.2, -0.15) is 0 Å². The Morgan fingerprint density at radius 1 is 1.36 bits per heavy atom. The van der Waals surface area contributed by atoms with Crippen molar-refractivity contribution in [2.24, 2.45) is 0 Å². The molecule has 2 unspecified atom stereocenters. The second-order valence-corrected chi connectivity index (χ2v) is 5.20. The third kappa shape index (κ3) is 5.65. The Kier molecular flexibility index (Phi) is 6.83. The van der Waals surface area contributed by atoms with Gasteiger partial charge in [-0.05, 0) is 25.1 Å². The number of benzene rings is 1. The molecule has 22 heavy (non-hydrogen) atoms. The molecule has 1 aromatic carbocycles. The fraction of sp³-hybridized carbons (Fsp3) is 0.385. The molecule has 0 saturated heterocycles. The zero-order valence-corrected chi connectivity index (χ0v) is 12.9. The number of hydrogen-bond donors (Lipinski definition) is 2. The van der Waals surface area contributed by atoms with Crippen molar-refractivity contribution in [2.75, 3.05) is 0 Å². The Bertz CT molecular complexity index is 557. The summed E-state index contributed by atoms with van der Waals surface area (Å²) in [5, 5.41) is 11.3. The van der Waals surface area contributed by atoms with Crippen LogP contribution < -0.4 is 10.1 Å². The van der Waals surface area contributed by atoms with Gasteiger partial charge in [-0.15, -0.1) is 0 Å². The van der Waals surface area contributed by atoms with E-state index in [0.29, 0.717) is 5.02 Å². The number of carboxylic acids is 1. The number of carboxylic acid groups (broad SMARTS) is 1. The van der Waals surface area contributed by atoms with Gasteiger partial charge in [-0.1, -0.05) is 23.2 Å². The van der Waals surface area contributed by atoms with E-state index in [-0.39, 0.29) is 10.8 Å². The number of aliphatic carboxylic acids is 1. The molecule has 0 aromatic heterocycles. The van der Waals surface area contributed by atoms with Crippen LogP contribution in [0.15, 0.2) is 18.2 Å². The molecule has 1 rings (SSSR count). The molecule has 122 valence electrons. The van der Waals surface area contributed by atoms with Gasteiger partial charge in [-0.3, -0.25) is 4.79 Å². The highest BCUT2D eigenvalue weighted by atomic mass is 35.5. The van der Waals surface area contributed by atoms with Gasteiger partial charge in [0.05, 0.1) is 5.02 Å². The fourth-order valence-electron chi connectivity index (χ4n) is 1.50. The van der Waals surface area contributed by atoms with Crippen molar-refractivity contribution in [1.29, 1.82) is 0 Å². The normalized spacial score (nSPS) is 13.5. The van der Waals surface area contributed by atoms with Crippen molar-refractivity contribution in [3.8, 4) is 5.75 Å². The van der Waals surface area contributed by atoms with Crippen molar-refractivity contribution in [3.05, 3.63) is 28.2 Å². The van der Waals surface area contributed by atoms with Gasteiger partial charge in [0.15, 0.2) is 6.10 Å². The average Bonchev–Trinajstić information content (AvgIpc) is 2.40. The zero-order chi connectivity index (χ0) is 16.9. The molecule has 9 heteroatoms. The highest BCUT2D eigenvalue weighted by Gasteiger charge is 2.27. The molecule has 0 aliphatic rings. The summed E-state index contributed by atoms with van der Waals surface area (Å²) in [4.78, 5) is 22.6. The monoisotopic (exact) mass is 355 g/mol. The van der Waals surface area contributed by atoms with Crippen molar-refractivity contribution in [3.63, 3.8) is 0 Å². The van der Waals surface area contributed by atoms with E-state index in [1.54, 1.807) is 0 Å². The van der Waals surface area contributed by atoms with Crippen molar-refractivity contribution >= 4 is 35.1 Å². The second kappa shape index (κ2) is 8.14. The van der Waals surface area contributed by atoms with Crippen molar-refractivity contribution in [2.45, 2.75) is 31.9 Å². The Hall–Kier alpha value is -1.60. The van der Waals surface area contributed by atoms with Crippen LogP contribution in [0, 0.1) is 0 Å². The molecule has 0 fully saturated rings. The summed E-state index contributed by atoms with van der Waals surface area (Å²) in [5.41, 5.74) is 0. The maximum atomic E-state index is 12.3. The van der Waals surface area contributed by atoms with Gasteiger partial charge in [0.25, 0.3) is 5.91 Å². The van der Waals surface area contributed by atoms with E-state index in [2.05, 4.69) is 0 Å². The largest absolute Gasteiger partial charge is 0.480 e. The van der Waals surface area contributed by atoms with Crippen LogP contribution in [-0.4, -0.2) is 35.6 Å². The molecule has 2 N–H and O–H groups in total. The molecule has 1 amide bonds. The summed E-state index contributed by atoms with van der Waals surface area (Å²) in [6.07, 6.45) is -4.98. The highest BCUT2D eigenvalue weighted by molar-refractivity contribution is 6.35. The Morgan fingerprint density at radius 3 is 2.50 bits per heavy atom. The van der Waals surface area contributed by atoms with Crippen LogP contribution in [0.1, 0.15) is 13.3 Å². The van der Waals surface area contributed by atoms with Crippen molar-refractivity contribution in [1.82, 2.24) is 5.32 Å². The molecular weight excluding hydrogens is 343 g/mol. The van der Waals surface area contributed by atoms with Crippen LogP contribution in [-0.2, 0) is 9.59 Å². The number of halogens is 4. The summed E-state index contributed by atoms with van der Waals surface area (Å²) in [6.45, 7) is 1.33. The molecule has 2 atom stereocenters. The Balaban J connectivity index is 2.69. The topological polar surface area (TPSA) is 75.6 Å². The van der Waals surface area contributed by atoms with Gasteiger partial charge in [-0.25, -0.2) is 13.6 Å². The second-order valence-electron chi connectivity index (χ2n) is 4.36. The lowest BCUT2D eigenvalue weighted by atomic mass is 10.2. The van der Waals surface area contributed by atoms with Crippen LogP contribution in [0.2, 0.25) is 10.0 Å². The van der Waals surface area contributed by atoms with E-state index in [1.807, 2.05) is 5.32 Å².